The van der Waals surface area contributed by atoms with Crippen LogP contribution in [-0.2, 0) is 4.79 Å². The van der Waals surface area contributed by atoms with Gasteiger partial charge in [0.05, 0.1) is 17.9 Å². The number of nitrogens with zero attached hydrogens (tertiary/aromatic N) is 4. The Bertz CT molecular complexity index is 1080. The number of thioether (sulfide) groups is 1. The summed E-state index contributed by atoms with van der Waals surface area (Å²) in [6.07, 6.45) is 1.99. The van der Waals surface area contributed by atoms with Crippen LogP contribution in [0.25, 0.3) is 11.3 Å². The molecule has 0 aliphatic carbocycles. The lowest BCUT2D eigenvalue weighted by molar-refractivity contribution is -0.118. The fraction of sp³-hybridized carbons (Fsp3) is 0.273. The van der Waals surface area contributed by atoms with Crippen molar-refractivity contribution in [2.24, 2.45) is 0 Å². The number of para-hydroxylation sites is 2. The Morgan fingerprint density at radius 3 is 2.70 bits per heavy atom. The molecule has 0 saturated carbocycles. The van der Waals surface area contributed by atoms with Crippen molar-refractivity contribution in [3.05, 3.63) is 54.1 Å². The lowest BCUT2D eigenvalue weighted by atomic mass is 10.1. The van der Waals surface area contributed by atoms with Crippen LogP contribution in [-0.4, -0.2) is 34.0 Å². The Kier molecular flexibility index (Phi) is 5.85. The molecule has 154 valence electrons. The molecule has 1 aliphatic rings. The molecule has 30 heavy (non-hydrogen) atoms. The smallest absolute Gasteiger partial charge is 0.247 e. The minimum absolute atomic E-state index is 0.163. The summed E-state index contributed by atoms with van der Waals surface area (Å²) in [4.78, 5) is 19.0. The fourth-order valence-corrected chi connectivity index (χ4v) is 3.67. The second-order valence-corrected chi connectivity index (χ2v) is 7.49. The third-order valence-electron chi connectivity index (χ3n) is 4.68. The van der Waals surface area contributed by atoms with Crippen LogP contribution in [0.2, 0.25) is 0 Å². The van der Waals surface area contributed by atoms with E-state index in [0.29, 0.717) is 34.8 Å². The number of carbonyl (C=O) groups excluding carboxylic acids is 1. The van der Waals surface area contributed by atoms with E-state index in [1.165, 1.54) is 18.7 Å². The van der Waals surface area contributed by atoms with Gasteiger partial charge in [-0.25, -0.2) is 0 Å². The summed E-state index contributed by atoms with van der Waals surface area (Å²) in [7, 11) is 0. The Labute approximate surface area is 179 Å². The van der Waals surface area contributed by atoms with Gasteiger partial charge in [0.25, 0.3) is 0 Å². The number of hydrogen-bond donors (Lipinski definition) is 0. The molecule has 2 aromatic carbocycles. The van der Waals surface area contributed by atoms with E-state index in [1.807, 2.05) is 61.7 Å². The molecule has 0 unspecified atom stereocenters. The van der Waals surface area contributed by atoms with E-state index in [0.717, 1.165) is 17.5 Å². The maximum Gasteiger partial charge on any atom is 0.247 e. The van der Waals surface area contributed by atoms with Crippen molar-refractivity contribution in [1.29, 1.82) is 0 Å². The Morgan fingerprint density at radius 2 is 1.93 bits per heavy atom. The molecular weight excluding hydrogens is 400 g/mol. The summed E-state index contributed by atoms with van der Waals surface area (Å²) in [5, 5.41) is 9.03. The number of benzene rings is 2. The lowest BCUT2D eigenvalue weighted by Gasteiger charge is -2.30. The topological polar surface area (TPSA) is 77.4 Å². The van der Waals surface area contributed by atoms with Gasteiger partial charge >= 0.3 is 0 Å². The third kappa shape index (κ3) is 3.70. The summed E-state index contributed by atoms with van der Waals surface area (Å²) in [5.41, 5.74) is 2.68. The number of anilines is 1. The van der Waals surface area contributed by atoms with Gasteiger partial charge in [-0.15, -0.1) is 10.2 Å². The number of ether oxygens (including phenoxy) is 2. The Morgan fingerprint density at radius 1 is 1.17 bits per heavy atom. The molecule has 8 heteroatoms. The number of fused-ring (bicyclic) bond motifs is 3. The van der Waals surface area contributed by atoms with E-state index < -0.39 is 6.23 Å². The summed E-state index contributed by atoms with van der Waals surface area (Å²) in [5.74, 6) is 0.841. The molecule has 4 rings (SSSR count). The van der Waals surface area contributed by atoms with Crippen molar-refractivity contribution in [3.8, 4) is 22.9 Å². The normalized spacial score (nSPS) is 14.9. The van der Waals surface area contributed by atoms with E-state index in [9.17, 15) is 4.79 Å². The van der Waals surface area contributed by atoms with Gasteiger partial charge in [0.15, 0.2) is 5.69 Å². The van der Waals surface area contributed by atoms with Crippen molar-refractivity contribution in [1.82, 2.24) is 15.2 Å². The molecule has 1 amide bonds. The molecule has 0 bridgehead atoms. The number of aromatic nitrogens is 3. The van der Waals surface area contributed by atoms with Crippen molar-refractivity contribution in [2.75, 3.05) is 17.8 Å². The molecule has 1 aliphatic heterocycles. The molecule has 0 N–H and O–H groups in total. The van der Waals surface area contributed by atoms with E-state index in [4.69, 9.17) is 9.47 Å². The van der Waals surface area contributed by atoms with Gasteiger partial charge in [-0.2, -0.15) is 4.98 Å². The minimum atomic E-state index is -0.760. The zero-order chi connectivity index (χ0) is 21.1. The van der Waals surface area contributed by atoms with Crippen LogP contribution in [0.5, 0.6) is 11.6 Å². The third-order valence-corrected chi connectivity index (χ3v) is 5.22. The summed E-state index contributed by atoms with van der Waals surface area (Å²) in [6, 6.07) is 15.1. The first kappa shape index (κ1) is 20.2. The van der Waals surface area contributed by atoms with Crippen LogP contribution in [0.3, 0.4) is 0 Å². The van der Waals surface area contributed by atoms with Crippen LogP contribution in [0.4, 0.5) is 5.69 Å². The first-order valence-electron chi connectivity index (χ1n) is 9.70. The number of amides is 1. The van der Waals surface area contributed by atoms with Crippen molar-refractivity contribution in [2.45, 2.75) is 31.7 Å². The molecule has 3 aromatic rings. The molecule has 1 atom stereocenters. The van der Waals surface area contributed by atoms with E-state index in [-0.39, 0.29) is 5.91 Å². The first-order chi connectivity index (χ1) is 14.6. The van der Waals surface area contributed by atoms with Crippen molar-refractivity contribution >= 4 is 23.4 Å². The predicted molar refractivity (Wildman–Crippen MR) is 116 cm³/mol. The monoisotopic (exact) mass is 422 g/mol. The Hall–Kier alpha value is -3.13. The molecule has 1 aromatic heterocycles. The average Bonchev–Trinajstić information content (AvgIpc) is 2.91. The van der Waals surface area contributed by atoms with Crippen LogP contribution in [0, 0.1) is 0 Å². The van der Waals surface area contributed by atoms with Crippen molar-refractivity contribution in [3.63, 3.8) is 0 Å². The maximum atomic E-state index is 12.8. The molecule has 7 nitrogen and oxygen atoms in total. The van der Waals surface area contributed by atoms with Gasteiger partial charge < -0.3 is 9.47 Å². The second kappa shape index (κ2) is 8.71. The van der Waals surface area contributed by atoms with Crippen LogP contribution >= 0.6 is 11.8 Å². The summed E-state index contributed by atoms with van der Waals surface area (Å²) in [6.45, 7) is 4.13. The molecular formula is C22H22N4O3S. The average molecular weight is 423 g/mol. The highest BCUT2D eigenvalue weighted by Gasteiger charge is 2.35. The number of rotatable bonds is 5. The van der Waals surface area contributed by atoms with Crippen LogP contribution < -0.4 is 14.4 Å². The van der Waals surface area contributed by atoms with Crippen LogP contribution in [0.1, 0.15) is 32.1 Å². The highest BCUT2D eigenvalue weighted by molar-refractivity contribution is 7.98. The van der Waals surface area contributed by atoms with E-state index >= 15 is 0 Å². The highest BCUT2D eigenvalue weighted by atomic mass is 32.2. The Balaban J connectivity index is 1.94. The summed E-state index contributed by atoms with van der Waals surface area (Å²) < 4.78 is 12.3. The quantitative estimate of drug-likeness (QED) is 0.561. The second-order valence-electron chi connectivity index (χ2n) is 6.71. The van der Waals surface area contributed by atoms with Gasteiger partial charge in [0, 0.05) is 12.5 Å². The molecule has 0 fully saturated rings. The van der Waals surface area contributed by atoms with E-state index in [1.54, 1.807) is 4.90 Å². The standard InChI is InChI=1S/C22H22N4O3S/c1-4-13-28-18-12-8-6-10-16(18)21-26(14(2)27)17-11-7-5-9-15(17)19-20(29-21)23-22(30-3)25-24-19/h5-12,21H,4,13H2,1-3H3/t21-/m1/s1. The largest absolute Gasteiger partial charge is 0.493 e. The zero-order valence-electron chi connectivity index (χ0n) is 17.0. The van der Waals surface area contributed by atoms with E-state index in [2.05, 4.69) is 15.2 Å². The van der Waals surface area contributed by atoms with Crippen molar-refractivity contribution < 1.29 is 14.3 Å². The maximum absolute atomic E-state index is 12.8. The molecule has 0 radical (unpaired) electrons. The number of hydrogen-bond acceptors (Lipinski definition) is 7. The predicted octanol–water partition coefficient (Wildman–Crippen LogP) is 4.49. The van der Waals surface area contributed by atoms with Gasteiger partial charge in [-0.05, 0) is 30.9 Å². The highest BCUT2D eigenvalue weighted by Crippen LogP contribution is 2.44. The summed E-state index contributed by atoms with van der Waals surface area (Å²) >= 11 is 1.38. The minimum Gasteiger partial charge on any atom is -0.493 e. The SMILES string of the molecule is CCCOc1ccccc1[C@H]1Oc2nc(SC)nnc2-c2ccccc2N1C(C)=O. The molecule has 0 saturated heterocycles. The van der Waals surface area contributed by atoms with Crippen LogP contribution in [0.15, 0.2) is 53.7 Å². The van der Waals surface area contributed by atoms with Gasteiger partial charge in [0.2, 0.25) is 23.2 Å². The van der Waals surface area contributed by atoms with Gasteiger partial charge in [-0.1, -0.05) is 49.0 Å². The fourth-order valence-electron chi connectivity index (χ4n) is 3.37. The molecule has 0 spiro atoms. The van der Waals surface area contributed by atoms with Gasteiger partial charge in [0.1, 0.15) is 5.75 Å². The van der Waals surface area contributed by atoms with Gasteiger partial charge in [-0.3, -0.25) is 9.69 Å². The zero-order valence-corrected chi connectivity index (χ0v) is 17.8. The first-order valence-corrected chi connectivity index (χ1v) is 10.9. The molecule has 2 heterocycles. The number of carbonyl (C=O) groups is 1. The lowest BCUT2D eigenvalue weighted by Crippen LogP contribution is -2.36.